The van der Waals surface area contributed by atoms with Crippen LogP contribution in [0.3, 0.4) is 0 Å². The Morgan fingerprint density at radius 3 is 2.59 bits per heavy atom. The molecular weight excluding hydrogens is 517 g/mol. The summed E-state index contributed by atoms with van der Waals surface area (Å²) < 4.78 is 47.3. The van der Waals surface area contributed by atoms with Gasteiger partial charge in [0.1, 0.15) is 32.5 Å². The highest BCUT2D eigenvalue weighted by molar-refractivity contribution is 7.21. The SMILES string of the molecule is Cc1nn(CC(C)C(=O)Nc2c(C(N)=O)sc3nc(C(F)(F)F)cc(-c4ccco4)c23)c(C)c1[N+](=O)[O-]. The normalized spacial score (nSPS) is 12.6. The molecule has 0 spiro atoms. The van der Waals surface area contributed by atoms with Crippen LogP contribution in [0.4, 0.5) is 24.5 Å². The van der Waals surface area contributed by atoms with E-state index in [4.69, 9.17) is 10.2 Å². The molecule has 15 heteroatoms. The van der Waals surface area contributed by atoms with Gasteiger partial charge in [0, 0.05) is 10.9 Å². The number of carbonyl (C=O) groups excluding carboxylic acids is 2. The molecule has 11 nitrogen and oxygen atoms in total. The summed E-state index contributed by atoms with van der Waals surface area (Å²) in [6.45, 7) is 4.46. The summed E-state index contributed by atoms with van der Waals surface area (Å²) in [5.74, 6) is -2.35. The van der Waals surface area contributed by atoms with Crippen molar-refractivity contribution in [1.29, 1.82) is 0 Å². The molecule has 0 aromatic carbocycles. The number of fused-ring (bicyclic) bond motifs is 1. The lowest BCUT2D eigenvalue weighted by molar-refractivity contribution is -0.386. The summed E-state index contributed by atoms with van der Waals surface area (Å²) in [6, 6.07) is 3.68. The highest BCUT2D eigenvalue weighted by Crippen LogP contribution is 2.43. The summed E-state index contributed by atoms with van der Waals surface area (Å²) in [5, 5.41) is 18.0. The van der Waals surface area contributed by atoms with Gasteiger partial charge in [0.15, 0.2) is 0 Å². The van der Waals surface area contributed by atoms with Crippen LogP contribution < -0.4 is 11.1 Å². The van der Waals surface area contributed by atoms with Gasteiger partial charge in [-0.1, -0.05) is 6.92 Å². The van der Waals surface area contributed by atoms with Gasteiger partial charge in [0.2, 0.25) is 5.91 Å². The van der Waals surface area contributed by atoms with Crippen molar-refractivity contribution in [2.24, 2.45) is 11.7 Å². The molecule has 194 valence electrons. The van der Waals surface area contributed by atoms with E-state index in [1.165, 1.54) is 43.8 Å². The zero-order chi connectivity index (χ0) is 27.2. The van der Waals surface area contributed by atoms with Crippen LogP contribution in [0.15, 0.2) is 28.9 Å². The predicted octanol–water partition coefficient (Wildman–Crippen LogP) is 4.67. The van der Waals surface area contributed by atoms with Gasteiger partial charge < -0.3 is 15.5 Å². The minimum Gasteiger partial charge on any atom is -0.464 e. The Hall–Kier alpha value is -4.27. The van der Waals surface area contributed by atoms with E-state index in [0.717, 1.165) is 6.07 Å². The third-order valence-electron chi connectivity index (χ3n) is 5.63. The van der Waals surface area contributed by atoms with Gasteiger partial charge in [-0.15, -0.1) is 11.3 Å². The van der Waals surface area contributed by atoms with E-state index in [-0.39, 0.29) is 55.7 Å². The Balaban J connectivity index is 1.77. The first-order valence-corrected chi connectivity index (χ1v) is 11.5. The smallest absolute Gasteiger partial charge is 0.433 e. The number of carbonyl (C=O) groups is 2. The van der Waals surface area contributed by atoms with Crippen LogP contribution >= 0.6 is 11.3 Å². The molecule has 0 aliphatic rings. The number of hydrogen-bond acceptors (Lipinski definition) is 8. The number of aromatic nitrogens is 3. The molecule has 0 fully saturated rings. The van der Waals surface area contributed by atoms with Crippen LogP contribution in [0.2, 0.25) is 0 Å². The predicted molar refractivity (Wildman–Crippen MR) is 127 cm³/mol. The Morgan fingerprint density at radius 2 is 2.05 bits per heavy atom. The molecule has 37 heavy (non-hydrogen) atoms. The molecule has 1 atom stereocenters. The molecule has 4 aromatic rings. The Bertz CT molecular complexity index is 1540. The van der Waals surface area contributed by atoms with Crippen molar-refractivity contribution in [1.82, 2.24) is 14.8 Å². The maximum atomic E-state index is 13.5. The molecule has 0 saturated carbocycles. The van der Waals surface area contributed by atoms with Gasteiger partial charge in [-0.2, -0.15) is 18.3 Å². The summed E-state index contributed by atoms with van der Waals surface area (Å²) >= 11 is 0.608. The molecule has 0 bridgehead atoms. The van der Waals surface area contributed by atoms with Crippen LogP contribution in [-0.4, -0.2) is 31.5 Å². The number of thiophene rings is 1. The number of pyridine rings is 1. The van der Waals surface area contributed by atoms with Crippen LogP contribution in [-0.2, 0) is 17.5 Å². The zero-order valence-corrected chi connectivity index (χ0v) is 20.4. The number of alkyl halides is 3. The van der Waals surface area contributed by atoms with Gasteiger partial charge in [0.25, 0.3) is 5.91 Å². The molecule has 0 saturated heterocycles. The van der Waals surface area contributed by atoms with Crippen molar-refractivity contribution in [2.75, 3.05) is 5.32 Å². The first-order chi connectivity index (χ1) is 17.3. The van der Waals surface area contributed by atoms with Crippen LogP contribution in [0.25, 0.3) is 21.5 Å². The van der Waals surface area contributed by atoms with Crippen molar-refractivity contribution in [3.05, 3.63) is 56.5 Å². The molecule has 4 heterocycles. The van der Waals surface area contributed by atoms with Crippen molar-refractivity contribution in [2.45, 2.75) is 33.5 Å². The monoisotopic (exact) mass is 536 g/mol. The van der Waals surface area contributed by atoms with Gasteiger partial charge in [-0.3, -0.25) is 24.4 Å². The Kier molecular flexibility index (Phi) is 6.50. The van der Waals surface area contributed by atoms with Gasteiger partial charge in [-0.05, 0) is 32.0 Å². The molecule has 3 N–H and O–H groups in total. The van der Waals surface area contributed by atoms with Crippen LogP contribution in [0.1, 0.15) is 33.7 Å². The van der Waals surface area contributed by atoms with Crippen LogP contribution in [0, 0.1) is 29.9 Å². The van der Waals surface area contributed by atoms with E-state index in [1.54, 1.807) is 0 Å². The number of nitrogens with zero attached hydrogens (tertiary/aromatic N) is 4. The van der Waals surface area contributed by atoms with E-state index in [9.17, 15) is 32.9 Å². The zero-order valence-electron chi connectivity index (χ0n) is 19.5. The molecule has 0 aliphatic carbocycles. The first kappa shape index (κ1) is 25.8. The van der Waals surface area contributed by atoms with Gasteiger partial charge in [0.05, 0.1) is 29.3 Å². The van der Waals surface area contributed by atoms with Gasteiger partial charge >= 0.3 is 11.9 Å². The fourth-order valence-electron chi connectivity index (χ4n) is 3.88. The highest BCUT2D eigenvalue weighted by Gasteiger charge is 2.35. The van der Waals surface area contributed by atoms with Crippen LogP contribution in [0.5, 0.6) is 0 Å². The van der Waals surface area contributed by atoms with E-state index >= 15 is 0 Å². The largest absolute Gasteiger partial charge is 0.464 e. The fraction of sp³-hybridized carbons (Fsp3) is 0.273. The van der Waals surface area contributed by atoms with E-state index in [0.29, 0.717) is 11.3 Å². The van der Waals surface area contributed by atoms with E-state index in [2.05, 4.69) is 15.4 Å². The molecule has 2 amide bonds. The first-order valence-electron chi connectivity index (χ1n) is 10.7. The lowest BCUT2D eigenvalue weighted by atomic mass is 10.1. The number of aryl methyl sites for hydroxylation is 1. The molecule has 4 rings (SSSR count). The number of primary amides is 1. The number of rotatable bonds is 7. The number of amides is 2. The second-order valence-electron chi connectivity index (χ2n) is 8.23. The van der Waals surface area contributed by atoms with Crippen molar-refractivity contribution >= 4 is 44.7 Å². The average molecular weight is 536 g/mol. The van der Waals surface area contributed by atoms with Gasteiger partial charge in [-0.25, -0.2) is 4.98 Å². The number of nitro groups is 1. The summed E-state index contributed by atoms with van der Waals surface area (Å²) in [4.78, 5) is 39.3. The average Bonchev–Trinajstić information content (AvgIpc) is 3.51. The summed E-state index contributed by atoms with van der Waals surface area (Å²) in [6.07, 6.45) is -3.52. The van der Waals surface area contributed by atoms with E-state index in [1.807, 2.05) is 0 Å². The molecule has 4 aromatic heterocycles. The third kappa shape index (κ3) is 4.76. The van der Waals surface area contributed by atoms with Crippen molar-refractivity contribution in [3.8, 4) is 11.3 Å². The minimum absolute atomic E-state index is 0.0387. The topological polar surface area (TPSA) is 159 Å². The number of hydrogen-bond donors (Lipinski definition) is 2. The molecule has 0 aliphatic heterocycles. The maximum Gasteiger partial charge on any atom is 0.433 e. The second-order valence-corrected chi connectivity index (χ2v) is 9.23. The lowest BCUT2D eigenvalue weighted by Crippen LogP contribution is -2.26. The van der Waals surface area contributed by atoms with E-state index < -0.39 is 34.5 Å². The Labute approximate surface area is 210 Å². The summed E-state index contributed by atoms with van der Waals surface area (Å²) in [5.41, 5.74) is 4.41. The number of halogens is 3. The third-order valence-corrected chi connectivity index (χ3v) is 6.73. The minimum atomic E-state index is -4.79. The standard InChI is InChI=1S/C22H19F3N6O5S/c1-9(8-30-11(3)17(31(34)35)10(2)29-30)20(33)28-16-15-12(13-5-4-6-36-13)7-14(22(23,24)25)27-21(15)37-18(16)19(26)32/h4-7,9H,8H2,1-3H3,(H2,26,32)(H,28,33). The Morgan fingerprint density at radius 1 is 1.35 bits per heavy atom. The highest BCUT2D eigenvalue weighted by atomic mass is 32.1. The number of furan rings is 1. The maximum absolute atomic E-state index is 13.5. The summed E-state index contributed by atoms with van der Waals surface area (Å²) in [7, 11) is 0. The lowest BCUT2D eigenvalue weighted by Gasteiger charge is -2.15. The number of nitrogens with two attached hydrogens (primary N) is 1. The number of anilines is 1. The van der Waals surface area contributed by atoms with Crippen molar-refractivity contribution in [3.63, 3.8) is 0 Å². The molecule has 1 unspecified atom stereocenters. The quantitative estimate of drug-likeness (QED) is 0.256. The molecule has 0 radical (unpaired) electrons. The fourth-order valence-corrected chi connectivity index (χ4v) is 4.89. The molecular formula is C22H19F3N6O5S. The second kappa shape index (κ2) is 9.31. The number of nitrogens with one attached hydrogen (secondary N) is 1. The van der Waals surface area contributed by atoms with Crippen molar-refractivity contribution < 1.29 is 32.1 Å².